The van der Waals surface area contributed by atoms with Gasteiger partial charge in [0, 0.05) is 26.1 Å². The van der Waals surface area contributed by atoms with Crippen LogP contribution in [0.25, 0.3) is 10.2 Å². The number of rotatable bonds is 3. The monoisotopic (exact) mass is 343 g/mol. The van der Waals surface area contributed by atoms with Gasteiger partial charge in [0.05, 0.1) is 22.2 Å². The fraction of sp³-hybridized carbons (Fsp3) is 0.500. The SMILES string of the molecule is CCN1CC(C(=O)N2CCCC2c2nc3ccccc3s2)CC1=O. The molecule has 2 fully saturated rings. The Morgan fingerprint density at radius 2 is 2.21 bits per heavy atom. The van der Waals surface area contributed by atoms with E-state index in [1.54, 1.807) is 16.2 Å². The maximum Gasteiger partial charge on any atom is 0.228 e. The lowest BCUT2D eigenvalue weighted by Crippen LogP contribution is -2.37. The smallest absolute Gasteiger partial charge is 0.228 e. The van der Waals surface area contributed by atoms with Crippen molar-refractivity contribution in [2.24, 2.45) is 5.92 Å². The van der Waals surface area contributed by atoms with Crippen LogP contribution >= 0.6 is 11.3 Å². The van der Waals surface area contributed by atoms with Gasteiger partial charge < -0.3 is 9.80 Å². The molecule has 0 spiro atoms. The number of carbonyl (C=O) groups excluding carboxylic acids is 2. The minimum absolute atomic E-state index is 0.0701. The maximum atomic E-state index is 13.0. The van der Waals surface area contributed by atoms with Crippen molar-refractivity contribution in [2.45, 2.75) is 32.2 Å². The molecule has 24 heavy (non-hydrogen) atoms. The Hall–Kier alpha value is -1.95. The molecule has 0 aliphatic carbocycles. The van der Waals surface area contributed by atoms with E-state index in [-0.39, 0.29) is 23.8 Å². The highest BCUT2D eigenvalue weighted by Gasteiger charge is 2.40. The zero-order valence-electron chi connectivity index (χ0n) is 13.8. The first kappa shape index (κ1) is 15.6. The first-order valence-electron chi connectivity index (χ1n) is 8.61. The lowest BCUT2D eigenvalue weighted by molar-refractivity contribution is -0.136. The van der Waals surface area contributed by atoms with E-state index in [9.17, 15) is 9.59 Å². The number of nitrogens with zero attached hydrogens (tertiary/aromatic N) is 3. The highest BCUT2D eigenvalue weighted by atomic mass is 32.1. The molecule has 1 aromatic carbocycles. The Balaban J connectivity index is 1.56. The highest BCUT2D eigenvalue weighted by Crippen LogP contribution is 2.38. The minimum atomic E-state index is -0.188. The van der Waals surface area contributed by atoms with Crippen LogP contribution in [0.15, 0.2) is 24.3 Å². The number of thiazole rings is 1. The molecule has 2 aliphatic rings. The average Bonchev–Trinajstić information content (AvgIpc) is 3.30. The molecular weight excluding hydrogens is 322 g/mol. The average molecular weight is 343 g/mol. The molecule has 0 radical (unpaired) electrons. The zero-order chi connectivity index (χ0) is 16.7. The summed E-state index contributed by atoms with van der Waals surface area (Å²) in [4.78, 5) is 33.4. The zero-order valence-corrected chi connectivity index (χ0v) is 14.6. The summed E-state index contributed by atoms with van der Waals surface area (Å²) in [5, 5.41) is 1.03. The summed E-state index contributed by atoms with van der Waals surface area (Å²) in [6.07, 6.45) is 2.32. The van der Waals surface area contributed by atoms with E-state index in [4.69, 9.17) is 4.98 Å². The molecule has 2 atom stereocenters. The summed E-state index contributed by atoms with van der Waals surface area (Å²) >= 11 is 1.68. The van der Waals surface area contributed by atoms with Gasteiger partial charge in [0.15, 0.2) is 0 Å². The number of amides is 2. The standard InChI is InChI=1S/C18H21N3O2S/c1-2-20-11-12(10-16(20)22)18(23)21-9-5-7-14(21)17-19-13-6-3-4-8-15(13)24-17/h3-4,6,8,12,14H,2,5,7,9-11H2,1H3. The summed E-state index contributed by atoms with van der Waals surface area (Å²) in [5.41, 5.74) is 1.00. The summed E-state index contributed by atoms with van der Waals surface area (Å²) in [5.74, 6) is 0.0417. The Labute approximate surface area is 145 Å². The van der Waals surface area contributed by atoms with Gasteiger partial charge in [-0.05, 0) is 31.9 Å². The van der Waals surface area contributed by atoms with Gasteiger partial charge in [-0.1, -0.05) is 12.1 Å². The van der Waals surface area contributed by atoms with Crippen LogP contribution in [-0.4, -0.2) is 46.2 Å². The normalized spacial score (nSPS) is 24.3. The topological polar surface area (TPSA) is 53.5 Å². The van der Waals surface area contributed by atoms with Crippen molar-refractivity contribution in [3.05, 3.63) is 29.3 Å². The number of hydrogen-bond donors (Lipinski definition) is 0. The predicted octanol–water partition coefficient (Wildman–Crippen LogP) is 2.83. The number of benzene rings is 1. The van der Waals surface area contributed by atoms with Crippen LogP contribution in [-0.2, 0) is 9.59 Å². The van der Waals surface area contributed by atoms with Crippen molar-refractivity contribution >= 4 is 33.4 Å². The molecule has 2 aromatic rings. The second-order valence-corrected chi connectivity index (χ2v) is 7.61. The summed E-state index contributed by atoms with van der Waals surface area (Å²) in [6.45, 7) is 3.99. The molecule has 2 unspecified atom stereocenters. The van der Waals surface area contributed by atoms with Gasteiger partial charge in [-0.3, -0.25) is 9.59 Å². The van der Waals surface area contributed by atoms with Crippen molar-refractivity contribution in [1.82, 2.24) is 14.8 Å². The second-order valence-electron chi connectivity index (χ2n) is 6.54. The molecule has 126 valence electrons. The van der Waals surface area contributed by atoms with Crippen LogP contribution in [0.3, 0.4) is 0 Å². The Kier molecular flexibility index (Phi) is 4.00. The van der Waals surface area contributed by atoms with Crippen LogP contribution in [0.4, 0.5) is 0 Å². The van der Waals surface area contributed by atoms with Crippen LogP contribution in [0, 0.1) is 5.92 Å². The lowest BCUT2D eigenvalue weighted by Gasteiger charge is -2.26. The van der Waals surface area contributed by atoms with Crippen LogP contribution in [0.1, 0.15) is 37.2 Å². The number of likely N-dealkylation sites (tertiary alicyclic amines) is 2. The lowest BCUT2D eigenvalue weighted by atomic mass is 10.1. The molecule has 0 bridgehead atoms. The van der Waals surface area contributed by atoms with Gasteiger partial charge >= 0.3 is 0 Å². The molecule has 0 N–H and O–H groups in total. The quantitative estimate of drug-likeness (QED) is 0.861. The Morgan fingerprint density at radius 3 is 2.96 bits per heavy atom. The third kappa shape index (κ3) is 2.59. The van der Waals surface area contributed by atoms with E-state index in [1.165, 1.54) is 4.70 Å². The molecule has 3 heterocycles. The van der Waals surface area contributed by atoms with Crippen molar-refractivity contribution in [3.63, 3.8) is 0 Å². The van der Waals surface area contributed by atoms with Crippen molar-refractivity contribution < 1.29 is 9.59 Å². The van der Waals surface area contributed by atoms with Gasteiger partial charge in [-0.15, -0.1) is 11.3 Å². The third-order valence-electron chi connectivity index (χ3n) is 5.08. The molecule has 1 aromatic heterocycles. The van der Waals surface area contributed by atoms with Crippen molar-refractivity contribution in [1.29, 1.82) is 0 Å². The first-order chi connectivity index (χ1) is 11.7. The van der Waals surface area contributed by atoms with Gasteiger partial charge in [0.2, 0.25) is 11.8 Å². The number of para-hydroxylation sites is 1. The fourth-order valence-corrected chi connectivity index (χ4v) is 4.91. The van der Waals surface area contributed by atoms with Crippen LogP contribution in [0.2, 0.25) is 0 Å². The molecule has 4 rings (SSSR count). The minimum Gasteiger partial charge on any atom is -0.342 e. The van der Waals surface area contributed by atoms with E-state index in [0.717, 1.165) is 29.9 Å². The molecule has 0 saturated carbocycles. The highest BCUT2D eigenvalue weighted by molar-refractivity contribution is 7.18. The maximum absolute atomic E-state index is 13.0. The van der Waals surface area contributed by atoms with Gasteiger partial charge in [0.1, 0.15) is 5.01 Å². The molecule has 2 saturated heterocycles. The molecule has 2 aliphatic heterocycles. The van der Waals surface area contributed by atoms with E-state index in [0.29, 0.717) is 19.5 Å². The van der Waals surface area contributed by atoms with Crippen molar-refractivity contribution in [3.8, 4) is 0 Å². The number of fused-ring (bicyclic) bond motifs is 1. The molecule has 5 nitrogen and oxygen atoms in total. The van der Waals surface area contributed by atoms with Gasteiger partial charge in [-0.25, -0.2) is 4.98 Å². The van der Waals surface area contributed by atoms with Crippen molar-refractivity contribution in [2.75, 3.05) is 19.6 Å². The van der Waals surface area contributed by atoms with E-state index in [2.05, 4.69) is 6.07 Å². The number of aromatic nitrogens is 1. The number of hydrogen-bond acceptors (Lipinski definition) is 4. The van der Waals surface area contributed by atoms with E-state index < -0.39 is 0 Å². The second kappa shape index (κ2) is 6.16. The van der Waals surface area contributed by atoms with Gasteiger partial charge in [-0.2, -0.15) is 0 Å². The van der Waals surface area contributed by atoms with Crippen LogP contribution < -0.4 is 0 Å². The fourth-order valence-electron chi connectivity index (χ4n) is 3.80. The summed E-state index contributed by atoms with van der Waals surface area (Å²) in [7, 11) is 0. The third-order valence-corrected chi connectivity index (χ3v) is 6.21. The Morgan fingerprint density at radius 1 is 1.38 bits per heavy atom. The van der Waals surface area contributed by atoms with Gasteiger partial charge in [0.25, 0.3) is 0 Å². The molecule has 2 amide bonds. The molecule has 6 heteroatoms. The van der Waals surface area contributed by atoms with Crippen LogP contribution in [0.5, 0.6) is 0 Å². The largest absolute Gasteiger partial charge is 0.342 e. The predicted molar refractivity (Wildman–Crippen MR) is 93.7 cm³/mol. The van der Waals surface area contributed by atoms with E-state index >= 15 is 0 Å². The number of carbonyl (C=O) groups is 2. The first-order valence-corrected chi connectivity index (χ1v) is 9.42. The summed E-state index contributed by atoms with van der Waals surface area (Å²) in [6, 6.07) is 8.18. The Bertz CT molecular complexity index is 754. The van der Waals surface area contributed by atoms with E-state index in [1.807, 2.05) is 30.0 Å². The summed E-state index contributed by atoms with van der Waals surface area (Å²) < 4.78 is 1.17. The molecular formula is C18H21N3O2S.